The van der Waals surface area contributed by atoms with E-state index in [1.54, 1.807) is 18.2 Å². The first-order valence-electron chi connectivity index (χ1n) is 6.20. The molecule has 19 heavy (non-hydrogen) atoms. The van der Waals surface area contributed by atoms with E-state index in [1.165, 1.54) is 12.1 Å². The van der Waals surface area contributed by atoms with Crippen molar-refractivity contribution in [2.75, 3.05) is 0 Å². The van der Waals surface area contributed by atoms with E-state index in [9.17, 15) is 4.39 Å². The second-order valence-electron chi connectivity index (χ2n) is 5.67. The molecule has 0 N–H and O–H groups in total. The number of hydrogen-bond acceptors (Lipinski definition) is 2. The number of halogens is 2. The fourth-order valence-corrected chi connectivity index (χ4v) is 1.96. The minimum atomic E-state index is -0.586. The summed E-state index contributed by atoms with van der Waals surface area (Å²) in [5.41, 5.74) is -0.0378. The zero-order chi connectivity index (χ0) is 14.3. The quantitative estimate of drug-likeness (QED) is 0.762. The number of hydrogen-bond donors (Lipinski definition) is 0. The Kier molecular flexibility index (Phi) is 3.78. The molecule has 0 spiro atoms. The molecule has 0 bridgehead atoms. The van der Waals surface area contributed by atoms with Gasteiger partial charge in [-0.1, -0.05) is 23.7 Å². The third-order valence-electron chi connectivity index (χ3n) is 3.65. The van der Waals surface area contributed by atoms with Gasteiger partial charge in [0.2, 0.25) is 0 Å². The minimum absolute atomic E-state index is 0.274. The first-order chi connectivity index (χ1) is 8.71. The fourth-order valence-electron chi connectivity index (χ4n) is 1.74. The van der Waals surface area contributed by atoms with Crippen molar-refractivity contribution in [3.63, 3.8) is 0 Å². The van der Waals surface area contributed by atoms with Crippen LogP contribution in [0.4, 0.5) is 4.39 Å². The third kappa shape index (κ3) is 3.02. The van der Waals surface area contributed by atoms with Crippen molar-refractivity contribution in [3.8, 4) is 0 Å². The summed E-state index contributed by atoms with van der Waals surface area (Å²) in [6.45, 7) is 7.87. The second kappa shape index (κ2) is 4.93. The zero-order valence-electron chi connectivity index (χ0n) is 11.5. The highest BCUT2D eigenvalue weighted by atomic mass is 35.5. The summed E-state index contributed by atoms with van der Waals surface area (Å²) in [5.74, 6) is -0.274. The highest BCUT2D eigenvalue weighted by Gasteiger charge is 2.52. The van der Waals surface area contributed by atoms with Crippen molar-refractivity contribution >= 4 is 24.8 Å². The molecule has 1 aromatic rings. The standard InChI is InChI=1S/C14H17BClFO2/c1-13(2)14(3,4)19-15(18-13)12(16)9-10-5-7-11(17)8-6-10/h5-9H,1-4H3/b12-9+. The Bertz CT molecular complexity index is 481. The molecule has 0 atom stereocenters. The minimum Gasteiger partial charge on any atom is -0.399 e. The Balaban J connectivity index is 2.17. The molecule has 1 aliphatic rings. The molecule has 2 nitrogen and oxygen atoms in total. The molecule has 1 aromatic carbocycles. The first-order valence-corrected chi connectivity index (χ1v) is 6.57. The maximum Gasteiger partial charge on any atom is 0.506 e. The lowest BCUT2D eigenvalue weighted by Gasteiger charge is -2.32. The molecular weight excluding hydrogens is 265 g/mol. The Labute approximate surface area is 118 Å². The summed E-state index contributed by atoms with van der Waals surface area (Å²) in [5, 5.41) is 0. The first kappa shape index (κ1) is 14.6. The molecule has 1 heterocycles. The van der Waals surface area contributed by atoms with Gasteiger partial charge >= 0.3 is 7.12 Å². The molecule has 1 saturated heterocycles. The molecule has 0 saturated carbocycles. The predicted octanol–water partition coefficient (Wildman–Crippen LogP) is 4.04. The number of benzene rings is 1. The lowest BCUT2D eigenvalue weighted by molar-refractivity contribution is 0.00578. The normalized spacial score (nSPS) is 21.8. The molecule has 1 aliphatic heterocycles. The Morgan fingerprint density at radius 2 is 1.58 bits per heavy atom. The van der Waals surface area contributed by atoms with Gasteiger partial charge in [0.05, 0.1) is 11.2 Å². The van der Waals surface area contributed by atoms with Crippen molar-refractivity contribution < 1.29 is 13.7 Å². The Morgan fingerprint density at radius 3 is 2.05 bits per heavy atom. The fraction of sp³-hybridized carbons (Fsp3) is 0.429. The van der Waals surface area contributed by atoms with E-state index in [4.69, 9.17) is 20.9 Å². The van der Waals surface area contributed by atoms with Crippen molar-refractivity contribution in [2.45, 2.75) is 38.9 Å². The van der Waals surface area contributed by atoms with Crippen molar-refractivity contribution in [1.82, 2.24) is 0 Å². The maximum atomic E-state index is 12.8. The topological polar surface area (TPSA) is 18.5 Å². The van der Waals surface area contributed by atoms with Gasteiger partial charge < -0.3 is 9.31 Å². The summed E-state index contributed by atoms with van der Waals surface area (Å²) in [7, 11) is -0.586. The molecule has 1 fully saturated rings. The summed E-state index contributed by atoms with van der Waals surface area (Å²) < 4.78 is 24.5. The van der Waals surface area contributed by atoms with Crippen LogP contribution in [-0.2, 0) is 9.31 Å². The Hall–Kier alpha value is -0.835. The van der Waals surface area contributed by atoms with Crippen molar-refractivity contribution in [1.29, 1.82) is 0 Å². The molecule has 5 heteroatoms. The highest BCUT2D eigenvalue weighted by molar-refractivity contribution is 6.71. The van der Waals surface area contributed by atoms with Gasteiger partial charge in [-0.15, -0.1) is 0 Å². The van der Waals surface area contributed by atoms with Crippen LogP contribution < -0.4 is 0 Å². The largest absolute Gasteiger partial charge is 0.506 e. The average Bonchev–Trinajstić information content (AvgIpc) is 2.51. The molecule has 0 amide bonds. The van der Waals surface area contributed by atoms with E-state index in [2.05, 4.69) is 0 Å². The van der Waals surface area contributed by atoms with Crippen LogP contribution in [-0.4, -0.2) is 18.3 Å². The van der Waals surface area contributed by atoms with Gasteiger partial charge in [0.15, 0.2) is 0 Å². The summed E-state index contributed by atoms with van der Waals surface area (Å²) in [6, 6.07) is 6.09. The van der Waals surface area contributed by atoms with Crippen LogP contribution in [0.3, 0.4) is 0 Å². The smallest absolute Gasteiger partial charge is 0.399 e. The van der Waals surface area contributed by atoms with Crippen LogP contribution >= 0.6 is 11.6 Å². The summed E-state index contributed by atoms with van der Waals surface area (Å²) in [4.78, 5) is 0.449. The molecule has 0 unspecified atom stereocenters. The van der Waals surface area contributed by atoms with E-state index in [-0.39, 0.29) is 5.82 Å². The average molecular weight is 283 g/mol. The van der Waals surface area contributed by atoms with Crippen LogP contribution in [0.1, 0.15) is 33.3 Å². The van der Waals surface area contributed by atoms with Crippen LogP contribution in [0.2, 0.25) is 0 Å². The van der Waals surface area contributed by atoms with E-state index in [0.717, 1.165) is 5.56 Å². The molecular formula is C14H17BClFO2. The van der Waals surface area contributed by atoms with Crippen LogP contribution in [0.5, 0.6) is 0 Å². The summed E-state index contributed by atoms with van der Waals surface area (Å²) in [6.07, 6.45) is 1.73. The van der Waals surface area contributed by atoms with Gasteiger partial charge in [0, 0.05) is 4.93 Å². The number of rotatable bonds is 2. The predicted molar refractivity (Wildman–Crippen MR) is 76.3 cm³/mol. The highest BCUT2D eigenvalue weighted by Crippen LogP contribution is 2.39. The van der Waals surface area contributed by atoms with Crippen molar-refractivity contribution in [2.24, 2.45) is 0 Å². The molecule has 0 radical (unpaired) electrons. The zero-order valence-corrected chi connectivity index (χ0v) is 12.3. The van der Waals surface area contributed by atoms with Gasteiger partial charge in [-0.3, -0.25) is 0 Å². The van der Waals surface area contributed by atoms with Crippen LogP contribution in [0.15, 0.2) is 29.2 Å². The third-order valence-corrected chi connectivity index (χ3v) is 3.94. The summed E-state index contributed by atoms with van der Waals surface area (Å²) >= 11 is 6.23. The Morgan fingerprint density at radius 1 is 1.11 bits per heavy atom. The van der Waals surface area contributed by atoms with E-state index >= 15 is 0 Å². The maximum absolute atomic E-state index is 12.8. The van der Waals surface area contributed by atoms with Gasteiger partial charge in [-0.05, 0) is 51.5 Å². The van der Waals surface area contributed by atoms with E-state index in [1.807, 2.05) is 27.7 Å². The van der Waals surface area contributed by atoms with Gasteiger partial charge in [0.1, 0.15) is 5.82 Å². The van der Waals surface area contributed by atoms with Gasteiger partial charge in [-0.25, -0.2) is 4.39 Å². The van der Waals surface area contributed by atoms with Crippen molar-refractivity contribution in [3.05, 3.63) is 40.6 Å². The molecule has 2 rings (SSSR count). The van der Waals surface area contributed by atoms with Crippen LogP contribution in [0.25, 0.3) is 6.08 Å². The lowest BCUT2D eigenvalue weighted by Crippen LogP contribution is -2.41. The van der Waals surface area contributed by atoms with Gasteiger partial charge in [0.25, 0.3) is 0 Å². The SMILES string of the molecule is CC1(C)OB(/C(Cl)=C\c2ccc(F)cc2)OC1(C)C. The van der Waals surface area contributed by atoms with E-state index in [0.29, 0.717) is 4.93 Å². The second-order valence-corrected chi connectivity index (χ2v) is 6.11. The lowest BCUT2D eigenvalue weighted by atomic mass is 9.88. The van der Waals surface area contributed by atoms with E-state index < -0.39 is 18.3 Å². The molecule has 0 aromatic heterocycles. The monoisotopic (exact) mass is 282 g/mol. The van der Waals surface area contributed by atoms with Gasteiger partial charge in [-0.2, -0.15) is 0 Å². The van der Waals surface area contributed by atoms with Crippen LogP contribution in [0, 0.1) is 5.82 Å². The molecule has 102 valence electrons. The molecule has 0 aliphatic carbocycles.